The smallest absolute Gasteiger partial charge is 0.240 e. The minimum Gasteiger partial charge on any atom is -0.355 e. The molecule has 5 nitrogen and oxygen atoms in total. The van der Waals surface area contributed by atoms with Crippen molar-refractivity contribution in [3.63, 3.8) is 0 Å². The zero-order valence-electron chi connectivity index (χ0n) is 9.86. The first-order chi connectivity index (χ1) is 7.92. The topological polar surface area (TPSA) is 75.3 Å². The molecule has 0 atom stereocenters. The lowest BCUT2D eigenvalue weighted by atomic mass is 10.2. The number of amides is 1. The Bertz CT molecular complexity index is 497. The fraction of sp³-hybridized carbons (Fsp3) is 0.364. The zero-order valence-corrected chi connectivity index (χ0v) is 10.7. The molecule has 0 heterocycles. The van der Waals surface area contributed by atoms with Crippen LogP contribution in [0, 0.1) is 6.92 Å². The van der Waals surface area contributed by atoms with E-state index in [9.17, 15) is 13.2 Å². The molecule has 2 N–H and O–H groups in total. The summed E-state index contributed by atoms with van der Waals surface area (Å²) in [6.07, 6.45) is 0. The first kappa shape index (κ1) is 13.7. The second-order valence-electron chi connectivity index (χ2n) is 3.70. The minimum absolute atomic E-state index is 0.176. The van der Waals surface area contributed by atoms with Crippen LogP contribution >= 0.6 is 0 Å². The van der Waals surface area contributed by atoms with Crippen LogP contribution in [0.2, 0.25) is 0 Å². The largest absolute Gasteiger partial charge is 0.355 e. The number of benzene rings is 1. The van der Waals surface area contributed by atoms with Gasteiger partial charge in [-0.1, -0.05) is 12.1 Å². The molecule has 0 aromatic heterocycles. The summed E-state index contributed by atoms with van der Waals surface area (Å²) in [7, 11) is -3.48. The van der Waals surface area contributed by atoms with E-state index >= 15 is 0 Å². The molecule has 1 aromatic carbocycles. The lowest BCUT2D eigenvalue weighted by Gasteiger charge is -2.07. The third-order valence-corrected chi connectivity index (χ3v) is 3.55. The molecule has 1 rings (SSSR count). The van der Waals surface area contributed by atoms with E-state index in [0.29, 0.717) is 0 Å². The summed E-state index contributed by atoms with van der Waals surface area (Å²) in [4.78, 5) is 10.8. The Hall–Kier alpha value is -1.40. The summed E-state index contributed by atoms with van der Waals surface area (Å²) >= 11 is 0. The predicted octanol–water partition coefficient (Wildman–Crippen LogP) is 0.409. The summed E-state index contributed by atoms with van der Waals surface area (Å²) in [5.74, 6) is -0.181. The first-order valence-corrected chi connectivity index (χ1v) is 6.71. The summed E-state index contributed by atoms with van der Waals surface area (Å²) in [5.41, 5.74) is 0.884. The van der Waals surface area contributed by atoms with Gasteiger partial charge in [0.2, 0.25) is 15.9 Å². The fourth-order valence-corrected chi connectivity index (χ4v) is 2.43. The van der Waals surface area contributed by atoms with Crippen molar-refractivity contribution in [2.75, 3.05) is 13.1 Å². The Morgan fingerprint density at radius 1 is 1.29 bits per heavy atom. The van der Waals surface area contributed by atoms with Crippen LogP contribution in [0.3, 0.4) is 0 Å². The van der Waals surface area contributed by atoms with Gasteiger partial charge in [0.1, 0.15) is 0 Å². The molecule has 6 heteroatoms. The van der Waals surface area contributed by atoms with E-state index in [2.05, 4.69) is 10.0 Å². The number of sulfonamides is 1. The second-order valence-corrected chi connectivity index (χ2v) is 5.46. The van der Waals surface area contributed by atoms with Crippen molar-refractivity contribution in [2.45, 2.75) is 18.7 Å². The minimum atomic E-state index is -3.48. The quantitative estimate of drug-likeness (QED) is 0.749. The maximum absolute atomic E-state index is 11.8. The van der Waals surface area contributed by atoms with E-state index in [1.165, 1.54) is 13.0 Å². The van der Waals surface area contributed by atoms with Gasteiger partial charge in [0.25, 0.3) is 0 Å². The first-order valence-electron chi connectivity index (χ1n) is 5.22. The van der Waals surface area contributed by atoms with E-state index < -0.39 is 10.0 Å². The highest BCUT2D eigenvalue weighted by Crippen LogP contribution is 2.09. The van der Waals surface area contributed by atoms with Gasteiger partial charge in [-0.2, -0.15) is 0 Å². The number of aryl methyl sites for hydroxylation is 1. The number of hydrogen-bond acceptors (Lipinski definition) is 3. The van der Waals surface area contributed by atoms with Gasteiger partial charge in [0.15, 0.2) is 0 Å². The molecule has 0 fully saturated rings. The average Bonchev–Trinajstić information content (AvgIpc) is 2.24. The van der Waals surface area contributed by atoms with Crippen molar-refractivity contribution in [2.24, 2.45) is 0 Å². The molecule has 0 unspecified atom stereocenters. The summed E-state index contributed by atoms with van der Waals surface area (Å²) < 4.78 is 26.0. The predicted molar refractivity (Wildman–Crippen MR) is 65.1 cm³/mol. The van der Waals surface area contributed by atoms with Gasteiger partial charge in [0.05, 0.1) is 4.90 Å². The third-order valence-electron chi connectivity index (χ3n) is 2.09. The van der Waals surface area contributed by atoms with Crippen LogP contribution in [-0.2, 0) is 14.8 Å². The Morgan fingerprint density at radius 2 is 2.00 bits per heavy atom. The molecule has 0 aliphatic heterocycles. The normalized spacial score (nSPS) is 11.2. The zero-order chi connectivity index (χ0) is 12.9. The van der Waals surface area contributed by atoms with Crippen molar-refractivity contribution < 1.29 is 13.2 Å². The van der Waals surface area contributed by atoms with E-state index in [1.54, 1.807) is 12.1 Å². The molecule has 17 heavy (non-hydrogen) atoms. The van der Waals surface area contributed by atoms with Crippen molar-refractivity contribution in [1.29, 1.82) is 0 Å². The summed E-state index contributed by atoms with van der Waals surface area (Å²) in [6, 6.07) is 6.66. The number of carbonyl (C=O) groups excluding carboxylic acids is 1. The van der Waals surface area contributed by atoms with E-state index in [4.69, 9.17) is 0 Å². The summed E-state index contributed by atoms with van der Waals surface area (Å²) in [6.45, 7) is 3.67. The molecule has 1 aromatic rings. The van der Waals surface area contributed by atoms with Crippen molar-refractivity contribution >= 4 is 15.9 Å². The maximum Gasteiger partial charge on any atom is 0.240 e. The molecule has 0 bridgehead atoms. The Morgan fingerprint density at radius 3 is 2.59 bits per heavy atom. The van der Waals surface area contributed by atoms with Crippen LogP contribution in [-0.4, -0.2) is 27.4 Å². The molecular formula is C11H16N2O3S. The lowest BCUT2D eigenvalue weighted by molar-refractivity contribution is -0.118. The maximum atomic E-state index is 11.8. The standard InChI is InChI=1S/C11H16N2O3S/c1-9-4-3-5-11(8-9)17(15,16)13-7-6-12-10(2)14/h3-5,8,13H,6-7H2,1-2H3,(H,12,14). The molecule has 0 saturated carbocycles. The highest BCUT2D eigenvalue weighted by atomic mass is 32.2. The number of carbonyl (C=O) groups is 1. The van der Waals surface area contributed by atoms with Gasteiger partial charge >= 0.3 is 0 Å². The van der Waals surface area contributed by atoms with Gasteiger partial charge in [-0.05, 0) is 24.6 Å². The Kier molecular flexibility index (Phi) is 4.65. The van der Waals surface area contributed by atoms with Crippen LogP contribution in [0.1, 0.15) is 12.5 Å². The van der Waals surface area contributed by atoms with Crippen molar-refractivity contribution in [3.8, 4) is 0 Å². The van der Waals surface area contributed by atoms with Crippen LogP contribution in [0.15, 0.2) is 29.2 Å². The van der Waals surface area contributed by atoms with Crippen LogP contribution in [0.4, 0.5) is 0 Å². The van der Waals surface area contributed by atoms with Crippen LogP contribution in [0.5, 0.6) is 0 Å². The van der Waals surface area contributed by atoms with Gasteiger partial charge in [-0.15, -0.1) is 0 Å². The van der Waals surface area contributed by atoms with Crippen LogP contribution in [0.25, 0.3) is 0 Å². The third kappa shape index (κ3) is 4.54. The van der Waals surface area contributed by atoms with Crippen molar-refractivity contribution in [3.05, 3.63) is 29.8 Å². The van der Waals surface area contributed by atoms with Crippen molar-refractivity contribution in [1.82, 2.24) is 10.0 Å². The Balaban J connectivity index is 2.60. The second kappa shape index (κ2) is 5.79. The van der Waals surface area contributed by atoms with Gasteiger partial charge in [0, 0.05) is 20.0 Å². The summed E-state index contributed by atoms with van der Waals surface area (Å²) in [5, 5.41) is 2.52. The number of hydrogen-bond donors (Lipinski definition) is 2. The molecular weight excluding hydrogens is 240 g/mol. The molecule has 94 valence electrons. The molecule has 0 spiro atoms. The molecule has 0 aliphatic rings. The average molecular weight is 256 g/mol. The molecule has 0 saturated heterocycles. The SMILES string of the molecule is CC(=O)NCCNS(=O)(=O)c1cccc(C)c1. The lowest BCUT2D eigenvalue weighted by Crippen LogP contribution is -2.33. The Labute approximate surface area is 101 Å². The van der Waals surface area contributed by atoms with E-state index in [0.717, 1.165) is 5.56 Å². The molecule has 0 aliphatic carbocycles. The van der Waals surface area contributed by atoms with Gasteiger partial charge in [-0.3, -0.25) is 4.79 Å². The molecule has 1 amide bonds. The molecule has 0 radical (unpaired) electrons. The fourth-order valence-electron chi connectivity index (χ4n) is 1.29. The van der Waals surface area contributed by atoms with Crippen LogP contribution < -0.4 is 10.0 Å². The monoisotopic (exact) mass is 256 g/mol. The van der Waals surface area contributed by atoms with E-state index in [1.807, 2.05) is 13.0 Å². The highest BCUT2D eigenvalue weighted by Gasteiger charge is 2.12. The van der Waals surface area contributed by atoms with Gasteiger partial charge < -0.3 is 5.32 Å². The van der Waals surface area contributed by atoms with Gasteiger partial charge in [-0.25, -0.2) is 13.1 Å². The van der Waals surface area contributed by atoms with E-state index in [-0.39, 0.29) is 23.9 Å². The number of nitrogens with one attached hydrogen (secondary N) is 2. The number of rotatable bonds is 5. The highest BCUT2D eigenvalue weighted by molar-refractivity contribution is 7.89.